The number of methoxy groups -OCH3 is 1. The maximum atomic E-state index is 12.2. The number of ether oxygens (including phenoxy) is 1. The molecule has 1 aliphatic rings. The molecule has 0 aliphatic carbocycles. The molecule has 1 aromatic carbocycles. The second kappa shape index (κ2) is 8.67. The van der Waals surface area contributed by atoms with Gasteiger partial charge in [-0.2, -0.15) is 0 Å². The summed E-state index contributed by atoms with van der Waals surface area (Å²) in [4.78, 5) is 25.8. The van der Waals surface area contributed by atoms with Crippen molar-refractivity contribution in [3.63, 3.8) is 0 Å². The molecule has 1 unspecified atom stereocenters. The summed E-state index contributed by atoms with van der Waals surface area (Å²) in [6, 6.07) is 8.15. The average molecular weight is 318 g/mol. The molecule has 1 N–H and O–H groups in total. The molecule has 0 bridgehead atoms. The summed E-state index contributed by atoms with van der Waals surface area (Å²) in [6.07, 6.45) is 3.48. The van der Waals surface area contributed by atoms with E-state index in [0.717, 1.165) is 31.4 Å². The molecule has 23 heavy (non-hydrogen) atoms. The third-order valence-electron chi connectivity index (χ3n) is 4.46. The summed E-state index contributed by atoms with van der Waals surface area (Å²) in [5.74, 6) is -0.202. The van der Waals surface area contributed by atoms with Crippen molar-refractivity contribution in [2.24, 2.45) is 0 Å². The molecule has 1 atom stereocenters. The molecule has 0 spiro atoms. The molecule has 2 rings (SSSR count). The molecule has 1 amide bonds. The van der Waals surface area contributed by atoms with Gasteiger partial charge in [0.1, 0.15) is 0 Å². The van der Waals surface area contributed by atoms with Crippen LogP contribution in [0.1, 0.15) is 36.8 Å². The highest BCUT2D eigenvalue weighted by Crippen LogP contribution is 2.19. The number of nitrogens with one attached hydrogen (secondary N) is 1. The lowest BCUT2D eigenvalue weighted by atomic mass is 9.99. The molecule has 0 aromatic heterocycles. The molecule has 1 aliphatic heterocycles. The number of benzene rings is 1. The Morgan fingerprint density at radius 3 is 2.83 bits per heavy atom. The molecule has 126 valence electrons. The number of carbonyl (C=O) groups is 2. The highest BCUT2D eigenvalue weighted by atomic mass is 16.5. The second-order valence-electron chi connectivity index (χ2n) is 6.10. The summed E-state index contributed by atoms with van der Waals surface area (Å²) in [7, 11) is 1.41. The SMILES string of the molecule is COC(=O)CC1CCCCN1CC(=O)NCc1ccccc1C. The summed E-state index contributed by atoms with van der Waals surface area (Å²) in [5.41, 5.74) is 2.31. The molecule has 5 heteroatoms. The number of aryl methyl sites for hydroxylation is 1. The van der Waals surface area contributed by atoms with Crippen LogP contribution in [0.3, 0.4) is 0 Å². The average Bonchev–Trinajstić information content (AvgIpc) is 2.56. The maximum absolute atomic E-state index is 12.2. The van der Waals surface area contributed by atoms with Crippen molar-refractivity contribution in [1.29, 1.82) is 0 Å². The fraction of sp³-hybridized carbons (Fsp3) is 0.556. The van der Waals surface area contributed by atoms with Gasteiger partial charge in [0.15, 0.2) is 0 Å². The predicted molar refractivity (Wildman–Crippen MR) is 88.9 cm³/mol. The topological polar surface area (TPSA) is 58.6 Å². The minimum absolute atomic E-state index is 0.00465. The van der Waals surface area contributed by atoms with Crippen LogP contribution in [0, 0.1) is 6.92 Å². The number of likely N-dealkylation sites (tertiary alicyclic amines) is 1. The molecule has 1 fully saturated rings. The van der Waals surface area contributed by atoms with Crippen LogP contribution in [-0.4, -0.2) is 43.0 Å². The number of hydrogen-bond acceptors (Lipinski definition) is 4. The highest BCUT2D eigenvalue weighted by Gasteiger charge is 2.26. The molecule has 0 radical (unpaired) electrons. The lowest BCUT2D eigenvalue weighted by molar-refractivity contribution is -0.143. The van der Waals surface area contributed by atoms with Crippen molar-refractivity contribution < 1.29 is 14.3 Å². The first kappa shape index (κ1) is 17.5. The largest absolute Gasteiger partial charge is 0.469 e. The number of carbonyl (C=O) groups excluding carboxylic acids is 2. The normalized spacial score (nSPS) is 18.4. The Kier molecular flexibility index (Phi) is 6.59. The van der Waals surface area contributed by atoms with Gasteiger partial charge in [-0.15, -0.1) is 0 Å². The van der Waals surface area contributed by atoms with Gasteiger partial charge >= 0.3 is 5.97 Å². The van der Waals surface area contributed by atoms with E-state index in [4.69, 9.17) is 4.74 Å². The molecule has 5 nitrogen and oxygen atoms in total. The van der Waals surface area contributed by atoms with Gasteiger partial charge in [0.25, 0.3) is 0 Å². The predicted octanol–water partition coefficient (Wildman–Crippen LogP) is 2.03. The van der Waals surface area contributed by atoms with Crippen LogP contribution >= 0.6 is 0 Å². The van der Waals surface area contributed by atoms with Gasteiger partial charge in [-0.05, 0) is 37.4 Å². The van der Waals surface area contributed by atoms with E-state index in [-0.39, 0.29) is 17.9 Å². The summed E-state index contributed by atoms with van der Waals surface area (Å²) < 4.78 is 4.76. The molecule has 1 saturated heterocycles. The van der Waals surface area contributed by atoms with Gasteiger partial charge in [-0.3, -0.25) is 14.5 Å². The van der Waals surface area contributed by atoms with Crippen molar-refractivity contribution in [2.75, 3.05) is 20.2 Å². The third-order valence-corrected chi connectivity index (χ3v) is 4.46. The van der Waals surface area contributed by atoms with Crippen LogP contribution in [0.15, 0.2) is 24.3 Å². The Labute approximate surface area is 138 Å². The van der Waals surface area contributed by atoms with E-state index < -0.39 is 0 Å². The Morgan fingerprint density at radius 1 is 1.30 bits per heavy atom. The lowest BCUT2D eigenvalue weighted by Crippen LogP contribution is -2.46. The van der Waals surface area contributed by atoms with E-state index >= 15 is 0 Å². The third kappa shape index (κ3) is 5.36. The van der Waals surface area contributed by atoms with E-state index in [9.17, 15) is 9.59 Å². The van der Waals surface area contributed by atoms with Crippen LogP contribution in [0.25, 0.3) is 0 Å². The fourth-order valence-electron chi connectivity index (χ4n) is 3.02. The second-order valence-corrected chi connectivity index (χ2v) is 6.10. The highest BCUT2D eigenvalue weighted by molar-refractivity contribution is 5.78. The number of amides is 1. The lowest BCUT2D eigenvalue weighted by Gasteiger charge is -2.34. The quantitative estimate of drug-likeness (QED) is 0.815. The van der Waals surface area contributed by atoms with Crippen LogP contribution in [0.4, 0.5) is 0 Å². The maximum Gasteiger partial charge on any atom is 0.307 e. The number of nitrogens with zero attached hydrogens (tertiary/aromatic N) is 1. The minimum atomic E-state index is -0.206. The first-order valence-corrected chi connectivity index (χ1v) is 8.22. The molecule has 1 aromatic rings. The summed E-state index contributed by atoms with van der Waals surface area (Å²) in [6.45, 7) is 3.78. The first-order chi connectivity index (χ1) is 11.1. The van der Waals surface area contributed by atoms with Gasteiger partial charge in [-0.25, -0.2) is 0 Å². The van der Waals surface area contributed by atoms with Crippen LogP contribution < -0.4 is 5.32 Å². The van der Waals surface area contributed by atoms with Crippen LogP contribution in [0.5, 0.6) is 0 Å². The first-order valence-electron chi connectivity index (χ1n) is 8.22. The zero-order valence-corrected chi connectivity index (χ0v) is 14.0. The van der Waals surface area contributed by atoms with Gasteiger partial charge in [0.05, 0.1) is 20.1 Å². The number of rotatable bonds is 6. The van der Waals surface area contributed by atoms with Crippen LogP contribution in [-0.2, 0) is 20.9 Å². The van der Waals surface area contributed by atoms with Crippen LogP contribution in [0.2, 0.25) is 0 Å². The Balaban J connectivity index is 1.85. The van der Waals surface area contributed by atoms with Crippen molar-refractivity contribution in [1.82, 2.24) is 10.2 Å². The van der Waals surface area contributed by atoms with Gasteiger partial charge in [0, 0.05) is 12.6 Å². The molecular formula is C18H26N2O3. The van der Waals surface area contributed by atoms with E-state index in [0.29, 0.717) is 19.5 Å². The van der Waals surface area contributed by atoms with Gasteiger partial charge in [-0.1, -0.05) is 30.7 Å². The monoisotopic (exact) mass is 318 g/mol. The van der Waals surface area contributed by atoms with Gasteiger partial charge in [0.2, 0.25) is 5.91 Å². The van der Waals surface area contributed by atoms with Crippen molar-refractivity contribution in [2.45, 2.75) is 45.2 Å². The minimum Gasteiger partial charge on any atom is -0.469 e. The summed E-state index contributed by atoms with van der Waals surface area (Å²) >= 11 is 0. The van der Waals surface area contributed by atoms with Crippen molar-refractivity contribution in [3.8, 4) is 0 Å². The van der Waals surface area contributed by atoms with E-state index in [1.807, 2.05) is 31.2 Å². The Bertz CT molecular complexity index is 545. The van der Waals surface area contributed by atoms with Crippen molar-refractivity contribution >= 4 is 11.9 Å². The fourth-order valence-corrected chi connectivity index (χ4v) is 3.02. The Morgan fingerprint density at radius 2 is 2.09 bits per heavy atom. The standard InChI is InChI=1S/C18H26N2O3/c1-14-7-3-4-8-15(14)12-19-17(21)13-20-10-6-5-9-16(20)11-18(22)23-2/h3-4,7-8,16H,5-6,9-13H2,1-2H3,(H,19,21). The molecule has 1 heterocycles. The number of hydrogen-bond donors (Lipinski definition) is 1. The van der Waals surface area contributed by atoms with Crippen molar-refractivity contribution in [3.05, 3.63) is 35.4 Å². The molecule has 0 saturated carbocycles. The number of piperidine rings is 1. The smallest absolute Gasteiger partial charge is 0.307 e. The van der Waals surface area contributed by atoms with E-state index in [1.165, 1.54) is 12.7 Å². The van der Waals surface area contributed by atoms with E-state index in [1.54, 1.807) is 0 Å². The Hall–Kier alpha value is -1.88. The van der Waals surface area contributed by atoms with Gasteiger partial charge < -0.3 is 10.1 Å². The summed E-state index contributed by atoms with van der Waals surface area (Å²) in [5, 5.41) is 2.98. The molecular weight excluding hydrogens is 292 g/mol. The zero-order valence-electron chi connectivity index (χ0n) is 14.0. The zero-order chi connectivity index (χ0) is 16.7. The van der Waals surface area contributed by atoms with E-state index in [2.05, 4.69) is 10.2 Å². The number of esters is 1.